The second-order valence-corrected chi connectivity index (χ2v) is 3.75. The number of aryl methyl sites for hydroxylation is 1. The van der Waals surface area contributed by atoms with Gasteiger partial charge in [0.2, 0.25) is 0 Å². The molecule has 0 saturated carbocycles. The number of hydrogen-bond acceptors (Lipinski definition) is 3. The first-order chi connectivity index (χ1) is 6.86. The van der Waals surface area contributed by atoms with Gasteiger partial charge in [0.15, 0.2) is 0 Å². The molecule has 1 aromatic heterocycles. The van der Waals surface area contributed by atoms with Gasteiger partial charge in [-0.25, -0.2) is 0 Å². The molecule has 0 aliphatic carbocycles. The highest BCUT2D eigenvalue weighted by Gasteiger charge is 2.08. The monoisotopic (exact) mass is 191 g/mol. The molecule has 0 spiro atoms. The van der Waals surface area contributed by atoms with E-state index in [0.717, 1.165) is 31.9 Å². The van der Waals surface area contributed by atoms with Crippen LogP contribution in [0.1, 0.15) is 12.1 Å². The van der Waals surface area contributed by atoms with Crippen LogP contribution in [-0.2, 0) is 0 Å². The second kappa shape index (κ2) is 4.42. The van der Waals surface area contributed by atoms with Gasteiger partial charge in [-0.15, -0.1) is 0 Å². The standard InChI is InChI=1S/C11H17N3/c1-10-3-4-11(9-13-10)14-7-2-5-12-6-8-14/h3-4,9,12H,2,5-8H2,1H3. The molecule has 1 aliphatic rings. The van der Waals surface area contributed by atoms with Gasteiger partial charge >= 0.3 is 0 Å². The van der Waals surface area contributed by atoms with Crippen LogP contribution < -0.4 is 10.2 Å². The van der Waals surface area contributed by atoms with Crippen molar-refractivity contribution in [2.75, 3.05) is 31.1 Å². The van der Waals surface area contributed by atoms with Crippen molar-refractivity contribution in [2.24, 2.45) is 0 Å². The summed E-state index contributed by atoms with van der Waals surface area (Å²) in [5.41, 5.74) is 2.33. The molecule has 76 valence electrons. The number of anilines is 1. The van der Waals surface area contributed by atoms with Crippen LogP contribution in [0.2, 0.25) is 0 Å². The van der Waals surface area contributed by atoms with Crippen molar-refractivity contribution in [1.29, 1.82) is 0 Å². The first-order valence-electron chi connectivity index (χ1n) is 5.24. The molecule has 0 atom stereocenters. The molecular formula is C11H17N3. The van der Waals surface area contributed by atoms with Crippen molar-refractivity contribution >= 4 is 5.69 Å². The highest BCUT2D eigenvalue weighted by Crippen LogP contribution is 2.13. The van der Waals surface area contributed by atoms with Crippen LogP contribution in [0.25, 0.3) is 0 Å². The van der Waals surface area contributed by atoms with E-state index in [-0.39, 0.29) is 0 Å². The molecular weight excluding hydrogens is 174 g/mol. The summed E-state index contributed by atoms with van der Waals surface area (Å²) >= 11 is 0. The number of hydrogen-bond donors (Lipinski definition) is 1. The van der Waals surface area contributed by atoms with E-state index >= 15 is 0 Å². The Bertz CT molecular complexity index is 273. The minimum atomic E-state index is 1.08. The number of pyridine rings is 1. The van der Waals surface area contributed by atoms with E-state index < -0.39 is 0 Å². The van der Waals surface area contributed by atoms with Crippen LogP contribution in [0.5, 0.6) is 0 Å². The summed E-state index contributed by atoms with van der Waals surface area (Å²) in [6.07, 6.45) is 3.19. The number of nitrogens with one attached hydrogen (secondary N) is 1. The van der Waals surface area contributed by atoms with Crippen molar-refractivity contribution in [2.45, 2.75) is 13.3 Å². The molecule has 1 aromatic rings. The van der Waals surface area contributed by atoms with Crippen molar-refractivity contribution in [3.63, 3.8) is 0 Å². The van der Waals surface area contributed by atoms with E-state index in [0.29, 0.717) is 0 Å². The van der Waals surface area contributed by atoms with Crippen LogP contribution in [0.15, 0.2) is 18.3 Å². The van der Waals surface area contributed by atoms with Crippen LogP contribution in [0.3, 0.4) is 0 Å². The molecule has 1 fully saturated rings. The Morgan fingerprint density at radius 2 is 2.21 bits per heavy atom. The summed E-state index contributed by atoms with van der Waals surface area (Å²) in [7, 11) is 0. The highest BCUT2D eigenvalue weighted by atomic mass is 15.2. The van der Waals surface area contributed by atoms with Gasteiger partial charge in [-0.05, 0) is 32.0 Å². The second-order valence-electron chi connectivity index (χ2n) is 3.75. The lowest BCUT2D eigenvalue weighted by atomic mass is 10.3. The Balaban J connectivity index is 2.08. The van der Waals surface area contributed by atoms with Crippen LogP contribution in [-0.4, -0.2) is 31.2 Å². The summed E-state index contributed by atoms with van der Waals surface area (Å²) in [5.74, 6) is 0. The van der Waals surface area contributed by atoms with Crippen molar-refractivity contribution in [1.82, 2.24) is 10.3 Å². The first-order valence-corrected chi connectivity index (χ1v) is 5.24. The van der Waals surface area contributed by atoms with Gasteiger partial charge in [0.1, 0.15) is 0 Å². The van der Waals surface area contributed by atoms with E-state index in [9.17, 15) is 0 Å². The predicted molar refractivity (Wildman–Crippen MR) is 58.7 cm³/mol. The maximum Gasteiger partial charge on any atom is 0.0553 e. The van der Waals surface area contributed by atoms with E-state index in [4.69, 9.17) is 0 Å². The highest BCUT2D eigenvalue weighted by molar-refractivity contribution is 5.44. The lowest BCUT2D eigenvalue weighted by Gasteiger charge is -2.21. The third-order valence-electron chi connectivity index (χ3n) is 2.60. The van der Waals surface area contributed by atoms with E-state index in [2.05, 4.69) is 27.3 Å². The molecule has 1 N–H and O–H groups in total. The number of aromatic nitrogens is 1. The Morgan fingerprint density at radius 3 is 3.00 bits per heavy atom. The Hall–Kier alpha value is -1.09. The van der Waals surface area contributed by atoms with Crippen molar-refractivity contribution in [3.05, 3.63) is 24.0 Å². The van der Waals surface area contributed by atoms with Crippen molar-refractivity contribution in [3.8, 4) is 0 Å². The Kier molecular flexibility index (Phi) is 2.99. The minimum Gasteiger partial charge on any atom is -0.369 e. The van der Waals surface area contributed by atoms with Crippen LogP contribution >= 0.6 is 0 Å². The summed E-state index contributed by atoms with van der Waals surface area (Å²) < 4.78 is 0. The van der Waals surface area contributed by atoms with Gasteiger partial charge in [0, 0.05) is 25.3 Å². The zero-order chi connectivity index (χ0) is 9.80. The quantitative estimate of drug-likeness (QED) is 0.722. The molecule has 2 rings (SSSR count). The molecule has 1 saturated heterocycles. The maximum atomic E-state index is 4.32. The maximum absolute atomic E-state index is 4.32. The fraction of sp³-hybridized carbons (Fsp3) is 0.545. The summed E-state index contributed by atoms with van der Waals surface area (Å²) in [5, 5.41) is 3.40. The Morgan fingerprint density at radius 1 is 1.29 bits per heavy atom. The fourth-order valence-corrected chi connectivity index (χ4v) is 1.75. The predicted octanol–water partition coefficient (Wildman–Crippen LogP) is 1.19. The number of nitrogens with zero attached hydrogens (tertiary/aromatic N) is 2. The molecule has 0 unspecified atom stereocenters. The average molecular weight is 191 g/mol. The minimum absolute atomic E-state index is 1.08. The zero-order valence-electron chi connectivity index (χ0n) is 8.66. The molecule has 0 aromatic carbocycles. The molecule has 14 heavy (non-hydrogen) atoms. The third-order valence-corrected chi connectivity index (χ3v) is 2.60. The van der Waals surface area contributed by atoms with Gasteiger partial charge in [-0.2, -0.15) is 0 Å². The van der Waals surface area contributed by atoms with E-state index in [1.54, 1.807) is 0 Å². The lowest BCUT2D eigenvalue weighted by molar-refractivity contribution is 0.724. The molecule has 0 radical (unpaired) electrons. The van der Waals surface area contributed by atoms with Gasteiger partial charge in [0.25, 0.3) is 0 Å². The molecule has 2 heterocycles. The van der Waals surface area contributed by atoms with Crippen LogP contribution in [0.4, 0.5) is 5.69 Å². The van der Waals surface area contributed by atoms with Gasteiger partial charge in [-0.3, -0.25) is 4.98 Å². The third kappa shape index (κ3) is 2.23. The fourth-order valence-electron chi connectivity index (χ4n) is 1.75. The molecule has 3 nitrogen and oxygen atoms in total. The van der Waals surface area contributed by atoms with Gasteiger partial charge < -0.3 is 10.2 Å². The average Bonchev–Trinajstić information content (AvgIpc) is 2.47. The first kappa shape index (κ1) is 9.46. The summed E-state index contributed by atoms with van der Waals surface area (Å²) in [4.78, 5) is 6.72. The smallest absolute Gasteiger partial charge is 0.0553 e. The molecule has 1 aliphatic heterocycles. The molecule has 0 bridgehead atoms. The number of rotatable bonds is 1. The normalized spacial score (nSPS) is 17.9. The SMILES string of the molecule is Cc1ccc(N2CCCNCC2)cn1. The molecule has 3 heteroatoms. The molecule has 0 amide bonds. The topological polar surface area (TPSA) is 28.2 Å². The van der Waals surface area contributed by atoms with Crippen LogP contribution in [0, 0.1) is 6.92 Å². The lowest BCUT2D eigenvalue weighted by Crippen LogP contribution is -2.27. The van der Waals surface area contributed by atoms with E-state index in [1.807, 2.05) is 13.1 Å². The Labute approximate surface area is 85.1 Å². The van der Waals surface area contributed by atoms with E-state index in [1.165, 1.54) is 12.1 Å². The largest absolute Gasteiger partial charge is 0.369 e. The van der Waals surface area contributed by atoms with Gasteiger partial charge in [-0.1, -0.05) is 0 Å². The van der Waals surface area contributed by atoms with Crippen molar-refractivity contribution < 1.29 is 0 Å². The van der Waals surface area contributed by atoms with Gasteiger partial charge in [0.05, 0.1) is 11.9 Å². The zero-order valence-corrected chi connectivity index (χ0v) is 8.66. The summed E-state index contributed by atoms with van der Waals surface area (Å²) in [6.45, 7) is 6.46. The summed E-state index contributed by atoms with van der Waals surface area (Å²) in [6, 6.07) is 4.24.